The summed E-state index contributed by atoms with van der Waals surface area (Å²) in [5.74, 6) is -0.340. The molecule has 0 bridgehead atoms. The van der Waals surface area contributed by atoms with E-state index < -0.39 is 5.97 Å². The minimum absolute atomic E-state index is 0.0444. The number of nitriles is 1. The average molecular weight is 382 g/mol. The molecule has 1 aliphatic rings. The Bertz CT molecular complexity index is 1010. The molecular weight excluding hydrogens is 360 g/mol. The van der Waals surface area contributed by atoms with Gasteiger partial charge in [-0.1, -0.05) is 6.07 Å². The number of carbonyl (C=O) groups excluding carboxylic acids is 1. The van der Waals surface area contributed by atoms with Crippen molar-refractivity contribution in [3.63, 3.8) is 0 Å². The fourth-order valence-electron chi connectivity index (χ4n) is 3.30. The average Bonchev–Trinajstić information content (AvgIpc) is 2.66. The molecule has 0 N–H and O–H groups in total. The molecule has 8 nitrogen and oxygen atoms in total. The number of hydrogen-bond acceptors (Lipinski definition) is 7. The summed E-state index contributed by atoms with van der Waals surface area (Å²) in [5.41, 5.74) is 0.0624. The second-order valence-corrected chi connectivity index (χ2v) is 6.64. The maximum atomic E-state index is 13.1. The molecule has 1 fully saturated rings. The summed E-state index contributed by atoms with van der Waals surface area (Å²) in [6.45, 7) is 6.78. The van der Waals surface area contributed by atoms with Crippen LogP contribution in [0.3, 0.4) is 0 Å². The van der Waals surface area contributed by atoms with Crippen LogP contribution in [0, 0.1) is 11.3 Å². The zero-order chi connectivity index (χ0) is 20.3. The van der Waals surface area contributed by atoms with E-state index >= 15 is 0 Å². The Morgan fingerprint density at radius 2 is 2.11 bits per heavy atom. The summed E-state index contributed by atoms with van der Waals surface area (Å²) in [5, 5.41) is 9.39. The van der Waals surface area contributed by atoms with Crippen molar-refractivity contribution >= 4 is 23.5 Å². The SMILES string of the molecule is CCOC(=O)/C(C#N)=C/c1c(N2C[C@H](C)O[C@@H](C)C2)nc2ccccn2c1=O. The fraction of sp³-hybridized carbons (Fsp3) is 0.400. The van der Waals surface area contributed by atoms with Gasteiger partial charge < -0.3 is 14.4 Å². The van der Waals surface area contributed by atoms with Gasteiger partial charge in [-0.2, -0.15) is 5.26 Å². The molecular formula is C20H22N4O4. The quantitative estimate of drug-likeness (QED) is 0.452. The van der Waals surface area contributed by atoms with E-state index in [4.69, 9.17) is 9.47 Å². The highest BCUT2D eigenvalue weighted by atomic mass is 16.5. The number of esters is 1. The summed E-state index contributed by atoms with van der Waals surface area (Å²) in [6, 6.07) is 7.08. The first-order chi connectivity index (χ1) is 13.4. The highest BCUT2D eigenvalue weighted by Crippen LogP contribution is 2.23. The van der Waals surface area contributed by atoms with Crippen molar-refractivity contribution < 1.29 is 14.3 Å². The molecule has 2 atom stereocenters. The van der Waals surface area contributed by atoms with Gasteiger partial charge in [0.25, 0.3) is 5.56 Å². The second kappa shape index (κ2) is 8.23. The van der Waals surface area contributed by atoms with Crippen LogP contribution in [0.1, 0.15) is 26.3 Å². The van der Waals surface area contributed by atoms with E-state index in [1.807, 2.05) is 24.8 Å². The molecule has 2 aromatic heterocycles. The Morgan fingerprint density at radius 1 is 1.39 bits per heavy atom. The number of fused-ring (bicyclic) bond motifs is 1. The first-order valence-electron chi connectivity index (χ1n) is 9.15. The smallest absolute Gasteiger partial charge is 0.348 e. The lowest BCUT2D eigenvalue weighted by Gasteiger charge is -2.36. The lowest BCUT2D eigenvalue weighted by Crippen LogP contribution is -2.46. The van der Waals surface area contributed by atoms with E-state index in [1.54, 1.807) is 31.3 Å². The number of morpholine rings is 1. The molecule has 8 heteroatoms. The maximum absolute atomic E-state index is 13.1. The number of ether oxygens (including phenoxy) is 2. The molecule has 1 aliphatic heterocycles. The molecule has 3 heterocycles. The standard InChI is InChI=1S/C20H22N4O4/c1-4-27-20(26)15(10-21)9-16-18(23-11-13(2)28-14(3)12-23)22-17-7-5-6-8-24(17)19(16)25/h5-9,13-14H,4,11-12H2,1-3H3/b15-9+/t13-,14-/m0/s1. The Labute approximate surface area is 162 Å². The normalized spacial score (nSPS) is 20.1. The van der Waals surface area contributed by atoms with Crippen LogP contribution in [0.2, 0.25) is 0 Å². The highest BCUT2D eigenvalue weighted by molar-refractivity contribution is 5.98. The van der Waals surface area contributed by atoms with E-state index in [-0.39, 0.29) is 35.5 Å². The summed E-state index contributed by atoms with van der Waals surface area (Å²) >= 11 is 0. The third-order valence-electron chi connectivity index (χ3n) is 4.37. The van der Waals surface area contributed by atoms with Gasteiger partial charge in [-0.05, 0) is 39.0 Å². The lowest BCUT2D eigenvalue weighted by molar-refractivity contribution is -0.137. The largest absolute Gasteiger partial charge is 0.462 e. The minimum Gasteiger partial charge on any atom is -0.462 e. The van der Waals surface area contributed by atoms with Gasteiger partial charge in [-0.15, -0.1) is 0 Å². The summed E-state index contributed by atoms with van der Waals surface area (Å²) < 4.78 is 12.1. The van der Waals surface area contributed by atoms with Crippen LogP contribution < -0.4 is 10.5 Å². The number of carbonyl (C=O) groups is 1. The molecule has 0 saturated carbocycles. The number of anilines is 1. The van der Waals surface area contributed by atoms with Gasteiger partial charge in [-0.25, -0.2) is 9.78 Å². The van der Waals surface area contributed by atoms with Crippen LogP contribution in [0.5, 0.6) is 0 Å². The predicted molar refractivity (Wildman–Crippen MR) is 104 cm³/mol. The molecule has 0 unspecified atom stereocenters. The van der Waals surface area contributed by atoms with Gasteiger partial charge >= 0.3 is 5.97 Å². The fourth-order valence-corrected chi connectivity index (χ4v) is 3.30. The molecule has 1 saturated heterocycles. The second-order valence-electron chi connectivity index (χ2n) is 6.64. The van der Waals surface area contributed by atoms with Crippen molar-refractivity contribution in [2.45, 2.75) is 33.0 Å². The van der Waals surface area contributed by atoms with Crippen LogP contribution >= 0.6 is 0 Å². The van der Waals surface area contributed by atoms with Gasteiger partial charge in [0.15, 0.2) is 0 Å². The molecule has 146 valence electrons. The van der Waals surface area contributed by atoms with E-state index in [0.717, 1.165) is 0 Å². The lowest BCUT2D eigenvalue weighted by atomic mass is 10.1. The highest BCUT2D eigenvalue weighted by Gasteiger charge is 2.27. The summed E-state index contributed by atoms with van der Waals surface area (Å²) in [7, 11) is 0. The number of nitrogens with zero attached hydrogens (tertiary/aromatic N) is 4. The Kier molecular flexibility index (Phi) is 5.76. The molecule has 0 aromatic carbocycles. The van der Waals surface area contributed by atoms with E-state index in [0.29, 0.717) is 24.6 Å². The predicted octanol–water partition coefficient (Wildman–Crippen LogP) is 1.78. The topological polar surface area (TPSA) is 96.9 Å². The molecule has 2 aromatic rings. The van der Waals surface area contributed by atoms with Gasteiger partial charge in [0, 0.05) is 19.3 Å². The van der Waals surface area contributed by atoms with Crippen LogP contribution in [-0.4, -0.2) is 47.3 Å². The zero-order valence-electron chi connectivity index (χ0n) is 16.1. The van der Waals surface area contributed by atoms with Crippen LogP contribution in [0.15, 0.2) is 34.8 Å². The van der Waals surface area contributed by atoms with Gasteiger partial charge in [-0.3, -0.25) is 9.20 Å². The van der Waals surface area contributed by atoms with Crippen molar-refractivity contribution in [1.29, 1.82) is 5.26 Å². The number of pyridine rings is 1. The molecule has 0 amide bonds. The van der Waals surface area contributed by atoms with Gasteiger partial charge in [0.05, 0.1) is 24.4 Å². The third kappa shape index (κ3) is 3.89. The molecule has 0 spiro atoms. The Morgan fingerprint density at radius 3 is 2.75 bits per heavy atom. The van der Waals surface area contributed by atoms with Crippen LogP contribution in [0.4, 0.5) is 5.82 Å². The van der Waals surface area contributed by atoms with Crippen LogP contribution in [-0.2, 0) is 14.3 Å². The molecule has 0 radical (unpaired) electrons. The Balaban J connectivity index is 2.21. The molecule has 28 heavy (non-hydrogen) atoms. The van der Waals surface area contributed by atoms with E-state index in [2.05, 4.69) is 4.98 Å². The van der Waals surface area contributed by atoms with Gasteiger partial charge in [0.1, 0.15) is 23.1 Å². The zero-order valence-corrected chi connectivity index (χ0v) is 16.1. The molecule has 3 rings (SSSR count). The first kappa shape index (κ1) is 19.6. The third-order valence-corrected chi connectivity index (χ3v) is 4.37. The van der Waals surface area contributed by atoms with Crippen molar-refractivity contribution in [1.82, 2.24) is 9.38 Å². The van der Waals surface area contributed by atoms with Crippen molar-refractivity contribution in [2.24, 2.45) is 0 Å². The summed E-state index contributed by atoms with van der Waals surface area (Å²) in [4.78, 5) is 31.8. The number of rotatable bonds is 4. The maximum Gasteiger partial charge on any atom is 0.348 e. The minimum atomic E-state index is -0.766. The van der Waals surface area contributed by atoms with E-state index in [9.17, 15) is 14.9 Å². The Hall–Kier alpha value is -3.18. The monoisotopic (exact) mass is 382 g/mol. The van der Waals surface area contributed by atoms with Crippen molar-refractivity contribution in [3.05, 3.63) is 45.9 Å². The van der Waals surface area contributed by atoms with Crippen LogP contribution in [0.25, 0.3) is 11.7 Å². The van der Waals surface area contributed by atoms with E-state index in [1.165, 1.54) is 10.5 Å². The van der Waals surface area contributed by atoms with Gasteiger partial charge in [0.2, 0.25) is 0 Å². The number of hydrogen-bond donors (Lipinski definition) is 0. The number of aromatic nitrogens is 2. The van der Waals surface area contributed by atoms with Crippen molar-refractivity contribution in [3.8, 4) is 6.07 Å². The molecule has 0 aliphatic carbocycles. The van der Waals surface area contributed by atoms with Crippen molar-refractivity contribution in [2.75, 3.05) is 24.6 Å². The summed E-state index contributed by atoms with van der Waals surface area (Å²) in [6.07, 6.45) is 2.79. The first-order valence-corrected chi connectivity index (χ1v) is 9.15.